The normalized spacial score (nSPS) is 17.4. The van der Waals surface area contributed by atoms with Crippen molar-refractivity contribution in [2.75, 3.05) is 40.9 Å². The van der Waals surface area contributed by atoms with Gasteiger partial charge in [-0.25, -0.2) is 0 Å². The minimum atomic E-state index is -5.21. The van der Waals surface area contributed by atoms with Crippen LogP contribution in [0.5, 0.6) is 11.5 Å². The highest BCUT2D eigenvalue weighted by molar-refractivity contribution is 6.34. The predicted molar refractivity (Wildman–Crippen MR) is 150 cm³/mol. The smallest absolute Gasteiger partial charge is 0.430 e. The molecule has 0 aromatic heterocycles. The number of carbonyl (C=O) groups is 2. The molecule has 3 rings (SSSR count). The third-order valence-corrected chi connectivity index (χ3v) is 8.04. The van der Waals surface area contributed by atoms with E-state index in [-0.39, 0.29) is 42.5 Å². The van der Waals surface area contributed by atoms with Gasteiger partial charge >= 0.3 is 6.18 Å². The lowest BCUT2D eigenvalue weighted by atomic mass is 9.80. The molecule has 226 valence electrons. The van der Waals surface area contributed by atoms with Crippen LogP contribution in [0.3, 0.4) is 0 Å². The molecule has 1 fully saturated rings. The zero-order chi connectivity index (χ0) is 30.5. The molecule has 7 nitrogen and oxygen atoms in total. The summed E-state index contributed by atoms with van der Waals surface area (Å²) in [6.45, 7) is 4.82. The van der Waals surface area contributed by atoms with Gasteiger partial charge in [0.25, 0.3) is 17.4 Å². The van der Waals surface area contributed by atoms with E-state index in [4.69, 9.17) is 21.1 Å². The van der Waals surface area contributed by atoms with Crippen LogP contribution in [0.4, 0.5) is 13.2 Å². The molecule has 0 spiro atoms. The SMILES string of the molecule is COc1cccc(C(O)(C(=O)N2CCC(C(C)CC(C)COc3ccc(C(=O)N(C)C)c(Cl)c3)CC2)C(F)(F)F)c1. The van der Waals surface area contributed by atoms with E-state index in [1.807, 2.05) is 0 Å². The van der Waals surface area contributed by atoms with E-state index in [9.17, 15) is 27.9 Å². The molecule has 1 saturated heterocycles. The van der Waals surface area contributed by atoms with Crippen LogP contribution in [-0.4, -0.2) is 73.8 Å². The second-order valence-corrected chi connectivity index (χ2v) is 11.4. The Bertz CT molecular complexity index is 1220. The molecule has 3 unspecified atom stereocenters. The van der Waals surface area contributed by atoms with E-state index in [0.717, 1.165) is 23.5 Å². The fourth-order valence-electron chi connectivity index (χ4n) is 5.29. The number of piperidine rings is 1. The van der Waals surface area contributed by atoms with Gasteiger partial charge in [-0.1, -0.05) is 37.6 Å². The largest absolute Gasteiger partial charge is 0.497 e. The molecule has 2 amide bonds. The summed E-state index contributed by atoms with van der Waals surface area (Å²) in [6, 6.07) is 9.84. The van der Waals surface area contributed by atoms with Crippen LogP contribution in [0, 0.1) is 17.8 Å². The molecule has 1 heterocycles. The molecule has 0 aliphatic carbocycles. The Morgan fingerprint density at radius 1 is 1.10 bits per heavy atom. The Balaban J connectivity index is 1.56. The van der Waals surface area contributed by atoms with Crippen molar-refractivity contribution in [3.8, 4) is 11.5 Å². The fraction of sp³-hybridized carbons (Fsp3) is 0.533. The van der Waals surface area contributed by atoms with Crippen LogP contribution < -0.4 is 9.47 Å². The lowest BCUT2D eigenvalue weighted by Crippen LogP contribution is -2.57. The standard InChI is InChI=1S/C30H38ClF3N2O5/c1-19(18-41-24-9-10-25(26(31)17-24)27(37)35(3)4)15-20(2)21-11-13-36(14-12-21)28(38)29(39,30(32,33)34)22-7-6-8-23(16-22)40-5/h6-10,16-17,19-21,39H,11-15,18H2,1-5H3. The summed E-state index contributed by atoms with van der Waals surface area (Å²) in [5, 5.41) is 11.1. The number of carbonyl (C=O) groups excluding carboxylic acids is 2. The van der Waals surface area contributed by atoms with E-state index in [1.165, 1.54) is 24.1 Å². The number of hydrogen-bond acceptors (Lipinski definition) is 5. The zero-order valence-corrected chi connectivity index (χ0v) is 24.8. The van der Waals surface area contributed by atoms with Crippen LogP contribution in [-0.2, 0) is 10.4 Å². The van der Waals surface area contributed by atoms with Gasteiger partial charge in [-0.15, -0.1) is 0 Å². The van der Waals surface area contributed by atoms with E-state index in [1.54, 1.807) is 32.3 Å². The van der Waals surface area contributed by atoms with Gasteiger partial charge in [0.05, 0.1) is 24.3 Å². The number of ether oxygens (including phenoxy) is 2. The Kier molecular flexibility index (Phi) is 10.6. The van der Waals surface area contributed by atoms with Crippen molar-refractivity contribution < 1.29 is 37.3 Å². The van der Waals surface area contributed by atoms with Gasteiger partial charge in [0.1, 0.15) is 11.5 Å². The average molecular weight is 599 g/mol. The van der Waals surface area contributed by atoms with E-state index in [0.29, 0.717) is 35.8 Å². The Hall–Kier alpha value is -2.98. The third kappa shape index (κ3) is 7.46. The first-order chi connectivity index (χ1) is 19.2. The number of nitrogens with zero attached hydrogens (tertiary/aromatic N) is 2. The van der Waals surface area contributed by atoms with E-state index >= 15 is 0 Å². The van der Waals surface area contributed by atoms with Gasteiger partial charge in [0.15, 0.2) is 0 Å². The highest BCUT2D eigenvalue weighted by Crippen LogP contribution is 2.42. The molecule has 0 bridgehead atoms. The first-order valence-corrected chi connectivity index (χ1v) is 13.9. The number of alkyl halides is 3. The van der Waals surface area contributed by atoms with Crippen LogP contribution >= 0.6 is 11.6 Å². The fourth-order valence-corrected chi connectivity index (χ4v) is 5.54. The molecule has 2 aromatic carbocycles. The Morgan fingerprint density at radius 3 is 2.32 bits per heavy atom. The number of aliphatic hydroxyl groups is 1. The second kappa shape index (κ2) is 13.3. The summed E-state index contributed by atoms with van der Waals surface area (Å²) in [5.41, 5.74) is -3.83. The topological polar surface area (TPSA) is 79.3 Å². The Labute approximate surface area is 244 Å². The van der Waals surface area contributed by atoms with Crippen molar-refractivity contribution in [2.45, 2.75) is 44.9 Å². The number of amides is 2. The van der Waals surface area contributed by atoms with Crippen LogP contribution in [0.15, 0.2) is 42.5 Å². The lowest BCUT2D eigenvalue weighted by Gasteiger charge is -2.40. The van der Waals surface area contributed by atoms with Gasteiger partial charge in [-0.3, -0.25) is 9.59 Å². The molecule has 1 N–H and O–H groups in total. The quantitative estimate of drug-likeness (QED) is 0.375. The molecule has 1 aliphatic rings. The number of methoxy groups -OCH3 is 1. The van der Waals surface area contributed by atoms with Crippen molar-refractivity contribution in [1.29, 1.82) is 0 Å². The van der Waals surface area contributed by atoms with Crippen molar-refractivity contribution in [3.63, 3.8) is 0 Å². The number of hydrogen-bond donors (Lipinski definition) is 1. The number of halogens is 4. The van der Waals surface area contributed by atoms with Crippen molar-refractivity contribution in [2.24, 2.45) is 17.8 Å². The molecule has 41 heavy (non-hydrogen) atoms. The van der Waals surface area contributed by atoms with Crippen molar-refractivity contribution >= 4 is 23.4 Å². The third-order valence-electron chi connectivity index (χ3n) is 7.72. The summed E-state index contributed by atoms with van der Waals surface area (Å²) in [7, 11) is 4.60. The molecular formula is C30H38ClF3N2O5. The van der Waals surface area contributed by atoms with Gasteiger partial charge in [-0.2, -0.15) is 13.2 Å². The van der Waals surface area contributed by atoms with E-state index in [2.05, 4.69) is 13.8 Å². The summed E-state index contributed by atoms with van der Waals surface area (Å²) in [4.78, 5) is 27.8. The summed E-state index contributed by atoms with van der Waals surface area (Å²) in [5.74, 6) is -0.261. The van der Waals surface area contributed by atoms with Gasteiger partial charge in [0.2, 0.25) is 0 Å². The highest BCUT2D eigenvalue weighted by Gasteiger charge is 2.62. The first kappa shape index (κ1) is 32.5. The molecular weight excluding hydrogens is 561 g/mol. The minimum absolute atomic E-state index is 0.114. The predicted octanol–water partition coefficient (Wildman–Crippen LogP) is 5.78. The minimum Gasteiger partial charge on any atom is -0.497 e. The molecule has 2 aromatic rings. The number of rotatable bonds is 10. The molecule has 1 aliphatic heterocycles. The van der Waals surface area contributed by atoms with Crippen molar-refractivity contribution in [3.05, 3.63) is 58.6 Å². The maximum absolute atomic E-state index is 14.1. The second-order valence-electron chi connectivity index (χ2n) is 11.0. The number of benzene rings is 2. The molecule has 3 atom stereocenters. The maximum Gasteiger partial charge on any atom is 0.430 e. The van der Waals surface area contributed by atoms with Gasteiger partial charge in [0, 0.05) is 32.7 Å². The van der Waals surface area contributed by atoms with Crippen LogP contribution in [0.25, 0.3) is 0 Å². The van der Waals surface area contributed by atoms with Crippen LogP contribution in [0.2, 0.25) is 5.02 Å². The van der Waals surface area contributed by atoms with E-state index < -0.39 is 23.2 Å². The van der Waals surface area contributed by atoms with Gasteiger partial charge in [-0.05, 0) is 67.3 Å². The molecule has 0 saturated carbocycles. The van der Waals surface area contributed by atoms with Crippen molar-refractivity contribution in [1.82, 2.24) is 9.80 Å². The summed E-state index contributed by atoms with van der Waals surface area (Å²) >= 11 is 6.27. The first-order valence-electron chi connectivity index (χ1n) is 13.6. The number of likely N-dealkylation sites (tertiary alicyclic amines) is 1. The summed E-state index contributed by atoms with van der Waals surface area (Å²) in [6.07, 6.45) is -3.32. The molecule has 11 heteroatoms. The van der Waals surface area contributed by atoms with Gasteiger partial charge < -0.3 is 24.4 Å². The highest BCUT2D eigenvalue weighted by atomic mass is 35.5. The lowest BCUT2D eigenvalue weighted by molar-refractivity contribution is -0.262. The summed E-state index contributed by atoms with van der Waals surface area (Å²) < 4.78 is 53.2. The zero-order valence-electron chi connectivity index (χ0n) is 24.0. The molecule has 0 radical (unpaired) electrons. The van der Waals surface area contributed by atoms with Crippen LogP contribution in [0.1, 0.15) is 49.0 Å². The Morgan fingerprint density at radius 2 is 1.76 bits per heavy atom. The monoisotopic (exact) mass is 598 g/mol. The maximum atomic E-state index is 14.1. The average Bonchev–Trinajstić information content (AvgIpc) is 2.94.